The number of nitrogens with zero attached hydrogens (tertiary/aromatic N) is 3. The normalized spacial score (nSPS) is 12.4. The highest BCUT2D eigenvalue weighted by atomic mass is 35.5. The van der Waals surface area contributed by atoms with E-state index < -0.39 is 0 Å². The monoisotopic (exact) mass is 273 g/mol. The minimum atomic E-state index is -0.265. The Morgan fingerprint density at radius 2 is 2.00 bits per heavy atom. The smallest absolute Gasteiger partial charge is 0.0863 e. The van der Waals surface area contributed by atoms with E-state index in [9.17, 15) is 5.11 Å². The van der Waals surface area contributed by atoms with Gasteiger partial charge in [0.15, 0.2) is 0 Å². The van der Waals surface area contributed by atoms with Crippen LogP contribution >= 0.6 is 11.6 Å². The van der Waals surface area contributed by atoms with Crippen LogP contribution in [0.5, 0.6) is 0 Å². The molecule has 4 nitrogen and oxygen atoms in total. The maximum atomic E-state index is 9.39. The van der Waals surface area contributed by atoms with Crippen LogP contribution in [-0.2, 0) is 19.5 Å². The van der Waals surface area contributed by atoms with E-state index in [1.54, 1.807) is 0 Å². The summed E-state index contributed by atoms with van der Waals surface area (Å²) in [6.45, 7) is 9.74. The predicted octanol–water partition coefficient (Wildman–Crippen LogP) is 2.32. The molecular formula is C13H24ClN3O. The summed E-state index contributed by atoms with van der Waals surface area (Å²) in [5.74, 6) is 0. The second-order valence-electron chi connectivity index (χ2n) is 5.20. The van der Waals surface area contributed by atoms with Crippen molar-refractivity contribution in [2.45, 2.75) is 52.7 Å². The van der Waals surface area contributed by atoms with Gasteiger partial charge in [0, 0.05) is 18.6 Å². The van der Waals surface area contributed by atoms with Gasteiger partial charge in [0.05, 0.1) is 23.0 Å². The van der Waals surface area contributed by atoms with Crippen LogP contribution in [0.25, 0.3) is 0 Å². The van der Waals surface area contributed by atoms with Crippen molar-refractivity contribution in [3.63, 3.8) is 0 Å². The number of aryl methyl sites for hydroxylation is 2. The fourth-order valence-corrected chi connectivity index (χ4v) is 2.06. The molecule has 0 bridgehead atoms. The maximum absolute atomic E-state index is 9.39. The fourth-order valence-electron chi connectivity index (χ4n) is 1.73. The second kappa shape index (κ2) is 6.04. The summed E-state index contributed by atoms with van der Waals surface area (Å²) >= 11 is 6.37. The van der Waals surface area contributed by atoms with E-state index >= 15 is 0 Å². The van der Waals surface area contributed by atoms with Crippen molar-refractivity contribution in [3.8, 4) is 0 Å². The summed E-state index contributed by atoms with van der Waals surface area (Å²) < 4.78 is 1.95. The summed E-state index contributed by atoms with van der Waals surface area (Å²) in [6.07, 6.45) is 0.839. The van der Waals surface area contributed by atoms with Gasteiger partial charge < -0.3 is 5.11 Å². The second-order valence-corrected chi connectivity index (χ2v) is 5.58. The first-order valence-electron chi connectivity index (χ1n) is 6.43. The van der Waals surface area contributed by atoms with Gasteiger partial charge >= 0.3 is 0 Å². The van der Waals surface area contributed by atoms with Crippen molar-refractivity contribution in [2.75, 3.05) is 13.7 Å². The standard InChI is InChI=1S/C13H24ClN3O/c1-6-10-12(14)11(17(7-2)15-10)8-16(5)13(3,4)9-18/h18H,6-9H2,1-5H3. The van der Waals surface area contributed by atoms with E-state index in [4.69, 9.17) is 11.6 Å². The lowest BCUT2D eigenvalue weighted by Gasteiger charge is -2.33. The van der Waals surface area contributed by atoms with Crippen LogP contribution in [0.1, 0.15) is 39.1 Å². The molecule has 0 atom stereocenters. The van der Waals surface area contributed by atoms with E-state index in [1.807, 2.05) is 25.6 Å². The van der Waals surface area contributed by atoms with Gasteiger partial charge in [-0.25, -0.2) is 0 Å². The molecular weight excluding hydrogens is 250 g/mol. The Labute approximate surface area is 115 Å². The van der Waals surface area contributed by atoms with Crippen LogP contribution in [-0.4, -0.2) is 39.0 Å². The van der Waals surface area contributed by atoms with Gasteiger partial charge in [-0.3, -0.25) is 9.58 Å². The molecule has 1 heterocycles. The maximum Gasteiger partial charge on any atom is 0.0863 e. The number of hydrogen-bond donors (Lipinski definition) is 1. The molecule has 5 heteroatoms. The van der Waals surface area contributed by atoms with Gasteiger partial charge in [-0.15, -0.1) is 0 Å². The number of halogens is 1. The third-order valence-electron chi connectivity index (χ3n) is 3.50. The third-order valence-corrected chi connectivity index (χ3v) is 3.94. The number of aliphatic hydroxyl groups excluding tert-OH is 1. The van der Waals surface area contributed by atoms with E-state index in [2.05, 4.69) is 23.8 Å². The lowest BCUT2D eigenvalue weighted by atomic mass is 10.1. The van der Waals surface area contributed by atoms with Crippen molar-refractivity contribution in [3.05, 3.63) is 16.4 Å². The molecule has 1 aromatic rings. The molecule has 1 rings (SSSR count). The predicted molar refractivity (Wildman–Crippen MR) is 74.9 cm³/mol. The number of aliphatic hydroxyl groups is 1. The van der Waals surface area contributed by atoms with Gasteiger partial charge in [-0.1, -0.05) is 18.5 Å². The summed E-state index contributed by atoms with van der Waals surface area (Å²) in [4.78, 5) is 2.10. The first-order chi connectivity index (χ1) is 8.37. The first-order valence-corrected chi connectivity index (χ1v) is 6.81. The molecule has 1 N–H and O–H groups in total. The number of hydrogen-bond acceptors (Lipinski definition) is 3. The summed E-state index contributed by atoms with van der Waals surface area (Å²) in [6, 6.07) is 0. The van der Waals surface area contributed by atoms with Crippen molar-refractivity contribution in [1.82, 2.24) is 14.7 Å². The van der Waals surface area contributed by atoms with Crippen LogP contribution in [0.2, 0.25) is 5.02 Å². The zero-order valence-corrected chi connectivity index (χ0v) is 12.8. The molecule has 0 aromatic carbocycles. The molecule has 0 saturated carbocycles. The van der Waals surface area contributed by atoms with Crippen molar-refractivity contribution >= 4 is 11.6 Å². The molecule has 0 fully saturated rings. The van der Waals surface area contributed by atoms with Crippen molar-refractivity contribution in [1.29, 1.82) is 0 Å². The Hall–Kier alpha value is -0.580. The Kier molecular flexibility index (Phi) is 5.20. The van der Waals surface area contributed by atoms with E-state index in [0.29, 0.717) is 6.54 Å². The van der Waals surface area contributed by atoms with Gasteiger partial charge in [0.2, 0.25) is 0 Å². The number of likely N-dealkylation sites (N-methyl/N-ethyl adjacent to an activating group) is 1. The molecule has 104 valence electrons. The van der Waals surface area contributed by atoms with Crippen LogP contribution in [0.15, 0.2) is 0 Å². The van der Waals surface area contributed by atoms with Gasteiger partial charge in [-0.05, 0) is 34.2 Å². The van der Waals surface area contributed by atoms with Gasteiger partial charge in [0.25, 0.3) is 0 Å². The molecule has 0 unspecified atom stereocenters. The van der Waals surface area contributed by atoms with Crippen molar-refractivity contribution in [2.24, 2.45) is 0 Å². The van der Waals surface area contributed by atoms with Crippen LogP contribution in [0.3, 0.4) is 0 Å². The van der Waals surface area contributed by atoms with E-state index in [0.717, 1.165) is 29.4 Å². The SMILES string of the molecule is CCc1nn(CC)c(CN(C)C(C)(C)CO)c1Cl. The highest BCUT2D eigenvalue weighted by molar-refractivity contribution is 6.31. The zero-order chi connectivity index (χ0) is 13.9. The summed E-state index contributed by atoms with van der Waals surface area (Å²) in [7, 11) is 1.99. The fraction of sp³-hybridized carbons (Fsp3) is 0.769. The highest BCUT2D eigenvalue weighted by Crippen LogP contribution is 2.25. The quantitative estimate of drug-likeness (QED) is 0.865. The average molecular weight is 274 g/mol. The Morgan fingerprint density at radius 3 is 2.44 bits per heavy atom. The minimum Gasteiger partial charge on any atom is -0.394 e. The third kappa shape index (κ3) is 3.05. The molecule has 0 spiro atoms. The molecule has 1 aromatic heterocycles. The largest absolute Gasteiger partial charge is 0.394 e. The molecule has 0 amide bonds. The number of aromatic nitrogens is 2. The molecule has 0 aliphatic heterocycles. The van der Waals surface area contributed by atoms with E-state index in [1.165, 1.54) is 0 Å². The van der Waals surface area contributed by atoms with Crippen LogP contribution < -0.4 is 0 Å². The van der Waals surface area contributed by atoms with Gasteiger partial charge in [-0.2, -0.15) is 5.10 Å². The zero-order valence-electron chi connectivity index (χ0n) is 12.0. The molecule has 0 aliphatic carbocycles. The average Bonchev–Trinajstić information content (AvgIpc) is 2.66. The van der Waals surface area contributed by atoms with Crippen LogP contribution in [0.4, 0.5) is 0 Å². The van der Waals surface area contributed by atoms with E-state index in [-0.39, 0.29) is 12.1 Å². The summed E-state index contributed by atoms with van der Waals surface area (Å²) in [5, 5.41) is 14.7. The van der Waals surface area contributed by atoms with Crippen molar-refractivity contribution < 1.29 is 5.11 Å². The first kappa shape index (κ1) is 15.5. The number of rotatable bonds is 6. The molecule has 18 heavy (non-hydrogen) atoms. The molecule has 0 aliphatic rings. The topological polar surface area (TPSA) is 41.3 Å². The molecule has 0 saturated heterocycles. The van der Waals surface area contributed by atoms with Crippen LogP contribution in [0, 0.1) is 0 Å². The Bertz CT molecular complexity index is 401. The Morgan fingerprint density at radius 1 is 1.39 bits per heavy atom. The summed E-state index contributed by atoms with van der Waals surface area (Å²) in [5.41, 5.74) is 1.71. The Balaban J connectivity index is 3.00. The molecule has 0 radical (unpaired) electrons. The lowest BCUT2D eigenvalue weighted by Crippen LogP contribution is -2.44. The highest BCUT2D eigenvalue weighted by Gasteiger charge is 2.25. The minimum absolute atomic E-state index is 0.113. The van der Waals surface area contributed by atoms with Gasteiger partial charge in [0.1, 0.15) is 0 Å². The lowest BCUT2D eigenvalue weighted by molar-refractivity contribution is 0.0714.